The van der Waals surface area contributed by atoms with E-state index in [-0.39, 0.29) is 37.8 Å². The summed E-state index contributed by atoms with van der Waals surface area (Å²) in [4.78, 5) is 86.5. The summed E-state index contributed by atoms with van der Waals surface area (Å²) in [5.74, 6) is -0.0236. The smallest absolute Gasteiger partial charge is 0.411 e. The number of rotatable bonds is 18. The van der Waals surface area contributed by atoms with Gasteiger partial charge in [0.05, 0.1) is 13.2 Å². The van der Waals surface area contributed by atoms with Crippen LogP contribution in [0.5, 0.6) is 5.75 Å². The largest absolute Gasteiger partial charge is 0.450 e. The van der Waals surface area contributed by atoms with E-state index in [1.165, 1.54) is 13.1 Å². The van der Waals surface area contributed by atoms with Crippen LogP contribution in [0.3, 0.4) is 0 Å². The molecule has 0 heterocycles. The highest BCUT2D eigenvalue weighted by Gasteiger charge is 2.13. The molecule has 0 aromatic heterocycles. The second-order valence-electron chi connectivity index (χ2n) is 13.6. The van der Waals surface area contributed by atoms with Gasteiger partial charge in [-0.15, -0.1) is 5.26 Å². The van der Waals surface area contributed by atoms with Crippen LogP contribution in [-0.2, 0) is 9.47 Å². The van der Waals surface area contributed by atoms with Crippen LogP contribution in [0.25, 0.3) is 0 Å². The zero-order valence-corrected chi connectivity index (χ0v) is 35.3. The number of hydrogen-bond acceptors (Lipinski definition) is 11. The molecular formula is C45H45N11O10. The zero-order chi connectivity index (χ0) is 47.1. The Bertz CT molecular complexity index is 2550. The zero-order valence-electron chi connectivity index (χ0n) is 35.3. The van der Waals surface area contributed by atoms with E-state index in [9.17, 15) is 33.6 Å². The fraction of sp³-hybridized carbons (Fsp3) is 0.156. The average Bonchev–Trinajstić information content (AvgIpc) is 3.29. The van der Waals surface area contributed by atoms with Crippen molar-refractivity contribution in [3.63, 3.8) is 0 Å². The maximum atomic E-state index is 13.2. The van der Waals surface area contributed by atoms with Crippen LogP contribution in [0.1, 0.15) is 28.8 Å². The number of amides is 10. The Morgan fingerprint density at radius 1 is 0.470 bits per heavy atom. The number of anilines is 7. The first-order valence-corrected chi connectivity index (χ1v) is 20.1. The summed E-state index contributed by atoms with van der Waals surface area (Å²) >= 11 is 0. The van der Waals surface area contributed by atoms with Crippen molar-refractivity contribution in [3.05, 3.63) is 132 Å². The third kappa shape index (κ3) is 16.5. The van der Waals surface area contributed by atoms with E-state index >= 15 is 0 Å². The Labute approximate surface area is 377 Å². The molecule has 5 aromatic rings. The van der Waals surface area contributed by atoms with Gasteiger partial charge in [-0.2, -0.15) is 0 Å². The second-order valence-corrected chi connectivity index (χ2v) is 13.6. The molecule has 0 spiro atoms. The highest BCUT2D eigenvalue weighted by atomic mass is 16.6. The summed E-state index contributed by atoms with van der Waals surface area (Å²) in [5.41, 5.74) is 3.57. The number of urea groups is 4. The van der Waals surface area contributed by atoms with E-state index in [1.807, 2.05) is 0 Å². The van der Waals surface area contributed by atoms with E-state index in [2.05, 4.69) is 53.2 Å². The summed E-state index contributed by atoms with van der Waals surface area (Å²) in [6, 6.07) is 29.6. The summed E-state index contributed by atoms with van der Waals surface area (Å²) in [6.45, 7) is 0.642. The number of nitriles is 1. The molecule has 5 aromatic carbocycles. The fourth-order valence-corrected chi connectivity index (χ4v) is 5.66. The van der Waals surface area contributed by atoms with E-state index in [4.69, 9.17) is 19.5 Å². The first kappa shape index (κ1) is 47.7. The molecule has 0 atom stereocenters. The first-order valence-electron chi connectivity index (χ1n) is 20.1. The number of carbonyl (C=O) groups excluding carboxylic acids is 7. The maximum absolute atomic E-state index is 13.2. The van der Waals surface area contributed by atoms with Gasteiger partial charge in [0.2, 0.25) is 0 Å². The first-order chi connectivity index (χ1) is 32.0. The standard InChI is InChI=1S/C45H45N11O10/c1-47-44(62)64-23-5-21-48-40(58)52-33-7-2-9-35(25-33)54-42(60)50-31-17-13-29(14-18-31)39(57)30-15-19-32(20-16-30)51-43(61)55-36-10-3-8-34(26-36)53-41(59)49-22-6-24-65-45(63)56-37-11-4-12-38(27-37)66-28-46/h2-4,7-20,25-27H,5-6,21-24H2,1H3,(H,47,62)(H,56,63)(H2,48,52,58)(H2,49,53,59)(H2,50,54,60)(H2,51,55,61). The van der Waals surface area contributed by atoms with Crippen LogP contribution in [0.15, 0.2) is 121 Å². The van der Waals surface area contributed by atoms with Gasteiger partial charge in [-0.05, 0) is 110 Å². The number of alkyl carbamates (subject to hydrolysis) is 1. The van der Waals surface area contributed by atoms with Gasteiger partial charge in [0.25, 0.3) is 6.26 Å². The van der Waals surface area contributed by atoms with Gasteiger partial charge in [-0.1, -0.05) is 18.2 Å². The molecule has 21 nitrogen and oxygen atoms in total. The van der Waals surface area contributed by atoms with Crippen molar-refractivity contribution in [1.82, 2.24) is 16.0 Å². The molecule has 0 aliphatic carbocycles. The van der Waals surface area contributed by atoms with Crippen LogP contribution in [0.4, 0.5) is 68.6 Å². The molecule has 340 valence electrons. The van der Waals surface area contributed by atoms with E-state index in [1.54, 1.807) is 122 Å². The molecule has 0 saturated carbocycles. The van der Waals surface area contributed by atoms with E-state index in [0.717, 1.165) is 0 Å². The minimum Gasteiger partial charge on any atom is -0.450 e. The predicted molar refractivity (Wildman–Crippen MR) is 246 cm³/mol. The third-order valence-corrected chi connectivity index (χ3v) is 8.69. The molecule has 21 heteroatoms. The number of nitrogens with one attached hydrogen (secondary N) is 10. The number of hydrogen-bond donors (Lipinski definition) is 10. The quantitative estimate of drug-likeness (QED) is 0.0231. The summed E-state index contributed by atoms with van der Waals surface area (Å²) in [7, 11) is 1.45. The lowest BCUT2D eigenvalue weighted by molar-refractivity contribution is 0.103. The number of ketones is 1. The topological polar surface area (TPSA) is 291 Å². The molecular weight excluding hydrogens is 855 g/mol. The summed E-state index contributed by atoms with van der Waals surface area (Å²) in [5, 5.41) is 34.9. The molecule has 66 heavy (non-hydrogen) atoms. The number of benzene rings is 5. The Balaban J connectivity index is 0.989. The van der Waals surface area contributed by atoms with Crippen LogP contribution in [0.2, 0.25) is 0 Å². The summed E-state index contributed by atoms with van der Waals surface area (Å²) < 4.78 is 14.7. The highest BCUT2D eigenvalue weighted by molar-refractivity contribution is 6.10. The monoisotopic (exact) mass is 899 g/mol. The van der Waals surface area contributed by atoms with E-state index < -0.39 is 36.3 Å². The average molecular weight is 900 g/mol. The number of ether oxygens (including phenoxy) is 3. The minimum atomic E-state index is -0.712. The Morgan fingerprint density at radius 2 is 0.864 bits per heavy atom. The normalized spacial score (nSPS) is 10.1. The van der Waals surface area contributed by atoms with Crippen molar-refractivity contribution in [2.75, 3.05) is 70.6 Å². The maximum Gasteiger partial charge on any atom is 0.411 e. The van der Waals surface area contributed by atoms with Crippen molar-refractivity contribution in [1.29, 1.82) is 5.26 Å². The van der Waals surface area contributed by atoms with Crippen molar-refractivity contribution in [2.24, 2.45) is 0 Å². The van der Waals surface area contributed by atoms with Crippen LogP contribution < -0.4 is 57.9 Å². The lowest BCUT2D eigenvalue weighted by atomic mass is 10.0. The Morgan fingerprint density at radius 3 is 1.30 bits per heavy atom. The van der Waals surface area contributed by atoms with Crippen molar-refractivity contribution < 1.29 is 47.8 Å². The predicted octanol–water partition coefficient (Wildman–Crippen LogP) is 7.69. The molecule has 0 fully saturated rings. The number of nitrogens with zero attached hydrogens (tertiary/aromatic N) is 1. The van der Waals surface area contributed by atoms with Crippen molar-refractivity contribution in [2.45, 2.75) is 12.8 Å². The van der Waals surface area contributed by atoms with Crippen LogP contribution in [0, 0.1) is 11.5 Å². The molecule has 0 aliphatic heterocycles. The van der Waals surface area contributed by atoms with Gasteiger partial charge in [0, 0.05) is 77.1 Å². The molecule has 0 bridgehead atoms. The van der Waals surface area contributed by atoms with Gasteiger partial charge >= 0.3 is 36.3 Å². The van der Waals surface area contributed by atoms with Gasteiger partial charge in [-0.3, -0.25) is 10.1 Å². The third-order valence-electron chi connectivity index (χ3n) is 8.69. The molecule has 5 rings (SSSR count). The van der Waals surface area contributed by atoms with Gasteiger partial charge in [-0.25, -0.2) is 28.8 Å². The molecule has 0 unspecified atom stereocenters. The Hall–Kier alpha value is -9.32. The number of carbonyl (C=O) groups is 7. The molecule has 0 aliphatic rings. The van der Waals surface area contributed by atoms with Crippen LogP contribution >= 0.6 is 0 Å². The molecule has 10 N–H and O–H groups in total. The van der Waals surface area contributed by atoms with E-state index in [0.29, 0.717) is 63.8 Å². The minimum absolute atomic E-state index is 0.0245. The second kappa shape index (κ2) is 25.0. The van der Waals surface area contributed by atoms with Gasteiger partial charge in [0.15, 0.2) is 5.78 Å². The SMILES string of the molecule is CNC(=O)OCCCNC(=O)Nc1cccc(NC(=O)Nc2ccc(C(=O)c3ccc(NC(=O)Nc4cccc(NC(=O)NCCCOC(=O)Nc5cccc(OC#N)c5)c4)cc3)cc2)c1. The lowest BCUT2D eigenvalue weighted by Crippen LogP contribution is -2.30. The van der Waals surface area contributed by atoms with Crippen molar-refractivity contribution in [3.8, 4) is 12.0 Å². The van der Waals surface area contributed by atoms with Crippen LogP contribution in [-0.4, -0.2) is 75.4 Å². The highest BCUT2D eigenvalue weighted by Crippen LogP contribution is 2.20. The van der Waals surface area contributed by atoms with Crippen molar-refractivity contribution >= 4 is 81.9 Å². The Kier molecular flexibility index (Phi) is 18.0. The summed E-state index contributed by atoms with van der Waals surface area (Å²) in [6.07, 6.45) is 1.03. The molecule has 0 radical (unpaired) electrons. The lowest BCUT2D eigenvalue weighted by Gasteiger charge is -2.11. The molecule has 0 saturated heterocycles. The van der Waals surface area contributed by atoms with Gasteiger partial charge < -0.3 is 62.1 Å². The fourth-order valence-electron chi connectivity index (χ4n) is 5.66. The molecule has 10 amide bonds. The van der Waals surface area contributed by atoms with Gasteiger partial charge in [0.1, 0.15) is 5.75 Å².